The summed E-state index contributed by atoms with van der Waals surface area (Å²) in [5.41, 5.74) is 0.406. The average Bonchev–Trinajstić information content (AvgIpc) is 2.90. The van der Waals surface area contributed by atoms with Crippen molar-refractivity contribution in [3.63, 3.8) is 0 Å². The first-order valence-electron chi connectivity index (χ1n) is 6.40. The zero-order valence-corrected chi connectivity index (χ0v) is 11.5. The van der Waals surface area contributed by atoms with Gasteiger partial charge in [0.2, 0.25) is 0 Å². The first-order valence-corrected chi connectivity index (χ1v) is 7.15. The van der Waals surface area contributed by atoms with Crippen LogP contribution in [0.5, 0.6) is 0 Å². The van der Waals surface area contributed by atoms with E-state index in [-0.39, 0.29) is 5.91 Å². The van der Waals surface area contributed by atoms with E-state index < -0.39 is 0 Å². The molecule has 1 N–H and O–H groups in total. The summed E-state index contributed by atoms with van der Waals surface area (Å²) in [6.07, 6.45) is 4.94. The number of hydrogen-bond donors (Lipinski definition) is 1. The Hall–Kier alpha value is -0.730. The van der Waals surface area contributed by atoms with Crippen LogP contribution in [0.4, 0.5) is 0 Å². The van der Waals surface area contributed by atoms with E-state index in [9.17, 15) is 4.79 Å². The second kappa shape index (κ2) is 4.75. The predicted octanol–water partition coefficient (Wildman–Crippen LogP) is 3.91. The van der Waals surface area contributed by atoms with Gasteiger partial charge in [0.25, 0.3) is 5.91 Å². The topological polar surface area (TPSA) is 29.1 Å². The van der Waals surface area contributed by atoms with Gasteiger partial charge in [0, 0.05) is 6.04 Å². The molecular weight excluding hydrogens is 269 g/mol. The smallest absolute Gasteiger partial charge is 0.254 e. The molecule has 3 unspecified atom stereocenters. The highest BCUT2D eigenvalue weighted by Crippen LogP contribution is 2.44. The first-order chi connectivity index (χ1) is 8.65. The van der Waals surface area contributed by atoms with Gasteiger partial charge in [-0.05, 0) is 43.2 Å². The number of amides is 1. The van der Waals surface area contributed by atoms with Crippen LogP contribution in [0, 0.1) is 11.8 Å². The molecule has 2 aliphatic rings. The second-order valence-corrected chi connectivity index (χ2v) is 6.17. The van der Waals surface area contributed by atoms with Crippen LogP contribution in [0.1, 0.15) is 36.0 Å². The Morgan fingerprint density at radius 1 is 1.17 bits per heavy atom. The lowest BCUT2D eigenvalue weighted by molar-refractivity contribution is 0.0923. The van der Waals surface area contributed by atoms with Gasteiger partial charge in [0.1, 0.15) is 0 Å². The lowest BCUT2D eigenvalue weighted by atomic mass is 9.95. The van der Waals surface area contributed by atoms with Crippen molar-refractivity contribution in [1.82, 2.24) is 5.32 Å². The third-order valence-electron chi connectivity index (χ3n) is 4.24. The van der Waals surface area contributed by atoms with Crippen molar-refractivity contribution in [3.05, 3.63) is 33.8 Å². The Kier molecular flexibility index (Phi) is 3.25. The quantitative estimate of drug-likeness (QED) is 0.876. The standard InChI is InChI=1S/C14H15Cl2NO/c15-10-2-1-3-11(16)13(10)14(18)17-12-7-8-4-5-9(12)6-8/h1-3,8-9,12H,4-7H2,(H,17,18). The van der Waals surface area contributed by atoms with E-state index in [0.29, 0.717) is 27.6 Å². The maximum atomic E-state index is 12.2. The van der Waals surface area contributed by atoms with Crippen LogP contribution in [0.25, 0.3) is 0 Å². The zero-order valence-electron chi connectivity index (χ0n) is 9.96. The SMILES string of the molecule is O=C(NC1CC2CCC1C2)c1c(Cl)cccc1Cl. The Morgan fingerprint density at radius 2 is 1.89 bits per heavy atom. The fraction of sp³-hybridized carbons (Fsp3) is 0.500. The lowest BCUT2D eigenvalue weighted by Gasteiger charge is -2.23. The molecule has 18 heavy (non-hydrogen) atoms. The number of fused-ring (bicyclic) bond motifs is 2. The normalized spacial score (nSPS) is 29.6. The molecule has 2 saturated carbocycles. The molecule has 0 heterocycles. The molecule has 0 radical (unpaired) electrons. The van der Waals surface area contributed by atoms with Crippen molar-refractivity contribution < 1.29 is 4.79 Å². The van der Waals surface area contributed by atoms with Gasteiger partial charge in [-0.1, -0.05) is 35.7 Å². The van der Waals surface area contributed by atoms with Gasteiger partial charge in [0.15, 0.2) is 0 Å². The summed E-state index contributed by atoms with van der Waals surface area (Å²) < 4.78 is 0. The highest BCUT2D eigenvalue weighted by atomic mass is 35.5. The fourth-order valence-electron chi connectivity index (χ4n) is 3.38. The molecular formula is C14H15Cl2NO. The van der Waals surface area contributed by atoms with Crippen molar-refractivity contribution in [3.8, 4) is 0 Å². The summed E-state index contributed by atoms with van der Waals surface area (Å²) in [4.78, 5) is 12.2. The molecule has 2 fully saturated rings. The number of nitrogens with one attached hydrogen (secondary N) is 1. The van der Waals surface area contributed by atoms with Crippen LogP contribution < -0.4 is 5.32 Å². The molecule has 3 rings (SSSR count). The molecule has 1 amide bonds. The molecule has 2 aliphatic carbocycles. The largest absolute Gasteiger partial charge is 0.349 e. The molecule has 0 aromatic heterocycles. The summed E-state index contributed by atoms with van der Waals surface area (Å²) >= 11 is 12.1. The van der Waals surface area contributed by atoms with E-state index in [4.69, 9.17) is 23.2 Å². The van der Waals surface area contributed by atoms with Gasteiger partial charge < -0.3 is 5.32 Å². The molecule has 0 saturated heterocycles. The number of carbonyl (C=O) groups is 1. The molecule has 0 spiro atoms. The summed E-state index contributed by atoms with van der Waals surface area (Å²) in [5.74, 6) is 1.32. The lowest BCUT2D eigenvalue weighted by Crippen LogP contribution is -2.38. The Morgan fingerprint density at radius 3 is 2.44 bits per heavy atom. The summed E-state index contributed by atoms with van der Waals surface area (Å²) in [5, 5.41) is 3.94. The van der Waals surface area contributed by atoms with Crippen LogP contribution in [0.2, 0.25) is 10.0 Å². The van der Waals surface area contributed by atoms with Crippen molar-refractivity contribution >= 4 is 29.1 Å². The van der Waals surface area contributed by atoms with Gasteiger partial charge >= 0.3 is 0 Å². The second-order valence-electron chi connectivity index (χ2n) is 5.35. The molecule has 1 aromatic carbocycles. The van der Waals surface area contributed by atoms with E-state index in [1.807, 2.05) is 0 Å². The van der Waals surface area contributed by atoms with Crippen molar-refractivity contribution in [2.75, 3.05) is 0 Å². The average molecular weight is 284 g/mol. The predicted molar refractivity (Wildman–Crippen MR) is 73.2 cm³/mol. The molecule has 4 heteroatoms. The van der Waals surface area contributed by atoms with Crippen molar-refractivity contribution in [1.29, 1.82) is 0 Å². The van der Waals surface area contributed by atoms with Crippen molar-refractivity contribution in [2.45, 2.75) is 31.7 Å². The third kappa shape index (κ3) is 2.12. The van der Waals surface area contributed by atoms with E-state index >= 15 is 0 Å². The Balaban J connectivity index is 1.75. The van der Waals surface area contributed by atoms with Crippen LogP contribution >= 0.6 is 23.2 Å². The monoisotopic (exact) mass is 283 g/mol. The highest BCUT2D eigenvalue weighted by Gasteiger charge is 2.40. The van der Waals surface area contributed by atoms with Gasteiger partial charge in [0.05, 0.1) is 15.6 Å². The van der Waals surface area contributed by atoms with Crippen LogP contribution in [-0.4, -0.2) is 11.9 Å². The molecule has 2 nitrogen and oxygen atoms in total. The number of rotatable bonds is 2. The maximum absolute atomic E-state index is 12.2. The summed E-state index contributed by atoms with van der Waals surface area (Å²) in [6.45, 7) is 0. The number of halogens is 2. The number of benzene rings is 1. The number of hydrogen-bond acceptors (Lipinski definition) is 1. The third-order valence-corrected chi connectivity index (χ3v) is 4.87. The Labute approximate surface area is 117 Å². The van der Waals surface area contributed by atoms with Crippen LogP contribution in [0.3, 0.4) is 0 Å². The molecule has 96 valence electrons. The minimum Gasteiger partial charge on any atom is -0.349 e. The van der Waals surface area contributed by atoms with E-state index in [1.165, 1.54) is 19.3 Å². The van der Waals surface area contributed by atoms with Gasteiger partial charge in [-0.25, -0.2) is 0 Å². The molecule has 1 aromatic rings. The van der Waals surface area contributed by atoms with E-state index in [0.717, 1.165) is 12.3 Å². The van der Waals surface area contributed by atoms with Gasteiger partial charge in [-0.15, -0.1) is 0 Å². The minimum atomic E-state index is -0.136. The number of carbonyl (C=O) groups excluding carboxylic acids is 1. The van der Waals surface area contributed by atoms with Gasteiger partial charge in [-0.2, -0.15) is 0 Å². The zero-order chi connectivity index (χ0) is 12.7. The van der Waals surface area contributed by atoms with Crippen LogP contribution in [0.15, 0.2) is 18.2 Å². The van der Waals surface area contributed by atoms with Crippen molar-refractivity contribution in [2.24, 2.45) is 11.8 Å². The van der Waals surface area contributed by atoms with Crippen LogP contribution in [-0.2, 0) is 0 Å². The molecule has 0 aliphatic heterocycles. The Bertz CT molecular complexity index is 468. The van der Waals surface area contributed by atoms with E-state index in [1.54, 1.807) is 18.2 Å². The maximum Gasteiger partial charge on any atom is 0.254 e. The molecule has 2 bridgehead atoms. The molecule has 3 atom stereocenters. The minimum absolute atomic E-state index is 0.136. The fourth-order valence-corrected chi connectivity index (χ4v) is 3.95. The summed E-state index contributed by atoms with van der Waals surface area (Å²) in [6, 6.07) is 5.45. The summed E-state index contributed by atoms with van der Waals surface area (Å²) in [7, 11) is 0. The first kappa shape index (κ1) is 12.3. The highest BCUT2D eigenvalue weighted by molar-refractivity contribution is 6.39. The van der Waals surface area contributed by atoms with Gasteiger partial charge in [-0.3, -0.25) is 4.79 Å². The van der Waals surface area contributed by atoms with E-state index in [2.05, 4.69) is 5.32 Å².